The van der Waals surface area contributed by atoms with Crippen LogP contribution in [0.4, 0.5) is 0 Å². The van der Waals surface area contributed by atoms with Gasteiger partial charge in [0.1, 0.15) is 6.04 Å². The van der Waals surface area contributed by atoms with Crippen molar-refractivity contribution in [3.63, 3.8) is 0 Å². The second-order valence-electron chi connectivity index (χ2n) is 5.49. The monoisotopic (exact) mass is 317 g/mol. The summed E-state index contributed by atoms with van der Waals surface area (Å²) in [5.74, 6) is -1.69. The van der Waals surface area contributed by atoms with Gasteiger partial charge < -0.3 is 10.4 Å². The molecule has 0 aliphatic heterocycles. The number of benzene rings is 1. The minimum Gasteiger partial charge on any atom is -0.480 e. The van der Waals surface area contributed by atoms with E-state index in [2.05, 4.69) is 15.5 Å². The molecule has 3 N–H and O–H groups in total. The quantitative estimate of drug-likeness (QED) is 0.738. The molecule has 1 aromatic carbocycles. The number of fused-ring (bicyclic) bond motifs is 1. The Bertz CT molecular complexity index is 784. The number of rotatable bonds is 6. The molecule has 0 aliphatic carbocycles. The lowest BCUT2D eigenvalue weighted by atomic mass is 9.99. The first kappa shape index (κ1) is 16.7. The van der Waals surface area contributed by atoms with E-state index in [-0.39, 0.29) is 17.9 Å². The minimum absolute atomic E-state index is 0.0997. The molecule has 0 fully saturated rings. The molecular weight excluding hydrogens is 298 g/mol. The van der Waals surface area contributed by atoms with Crippen molar-refractivity contribution in [1.82, 2.24) is 15.5 Å². The Hall–Kier alpha value is -2.70. The van der Waals surface area contributed by atoms with E-state index in [4.69, 9.17) is 0 Å². The van der Waals surface area contributed by atoms with Gasteiger partial charge >= 0.3 is 5.97 Å². The highest BCUT2D eigenvalue weighted by molar-refractivity contribution is 5.90. The number of carboxylic acid groups (broad SMARTS) is 1. The molecule has 2 aromatic rings. The summed E-state index contributed by atoms with van der Waals surface area (Å²) in [6.07, 6.45) is 0.536. The Labute approximate surface area is 132 Å². The topological polar surface area (TPSA) is 112 Å². The van der Waals surface area contributed by atoms with Crippen LogP contribution >= 0.6 is 0 Å². The average molecular weight is 317 g/mol. The maximum absolute atomic E-state index is 12.2. The van der Waals surface area contributed by atoms with Gasteiger partial charge in [-0.3, -0.25) is 9.59 Å². The van der Waals surface area contributed by atoms with E-state index in [1.807, 2.05) is 6.92 Å². The number of hydrogen-bond acceptors (Lipinski definition) is 4. The summed E-state index contributed by atoms with van der Waals surface area (Å²) in [5.41, 5.74) is 0.0822. The molecule has 1 heterocycles. The number of hydrogen-bond donors (Lipinski definition) is 3. The second kappa shape index (κ2) is 7.04. The van der Waals surface area contributed by atoms with Crippen molar-refractivity contribution in [3.05, 3.63) is 40.3 Å². The molecule has 122 valence electrons. The number of carbonyl (C=O) groups is 2. The SMILES string of the molecule is CCC(C)[C@@H](NC(=O)Cc1n[nH]c(=O)c2ccccc12)C(=O)O. The smallest absolute Gasteiger partial charge is 0.326 e. The van der Waals surface area contributed by atoms with Gasteiger partial charge in [0.25, 0.3) is 5.56 Å². The largest absolute Gasteiger partial charge is 0.480 e. The van der Waals surface area contributed by atoms with Crippen LogP contribution in [0.25, 0.3) is 10.8 Å². The lowest BCUT2D eigenvalue weighted by Gasteiger charge is -2.20. The number of aliphatic carboxylic acids is 1. The molecule has 2 rings (SSSR count). The number of carboxylic acids is 1. The van der Waals surface area contributed by atoms with E-state index in [0.29, 0.717) is 22.9 Å². The zero-order chi connectivity index (χ0) is 17.0. The van der Waals surface area contributed by atoms with E-state index in [9.17, 15) is 19.5 Å². The Balaban J connectivity index is 2.22. The molecule has 1 amide bonds. The molecular formula is C16H19N3O4. The lowest BCUT2D eigenvalue weighted by Crippen LogP contribution is -2.45. The maximum Gasteiger partial charge on any atom is 0.326 e. The third kappa shape index (κ3) is 3.74. The normalized spacial score (nSPS) is 13.5. The molecule has 0 radical (unpaired) electrons. The van der Waals surface area contributed by atoms with Crippen molar-refractivity contribution in [1.29, 1.82) is 0 Å². The molecule has 0 saturated heterocycles. The molecule has 0 saturated carbocycles. The first-order valence-electron chi connectivity index (χ1n) is 7.42. The predicted octanol–water partition coefficient (Wildman–Crippen LogP) is 1.08. The van der Waals surface area contributed by atoms with Crippen molar-refractivity contribution >= 4 is 22.6 Å². The molecule has 23 heavy (non-hydrogen) atoms. The van der Waals surface area contributed by atoms with Crippen molar-refractivity contribution < 1.29 is 14.7 Å². The van der Waals surface area contributed by atoms with Crippen LogP contribution in [-0.4, -0.2) is 33.2 Å². The number of nitrogens with zero attached hydrogens (tertiary/aromatic N) is 1. The summed E-state index contributed by atoms with van der Waals surface area (Å²) in [5, 5.41) is 19.1. The molecule has 1 aromatic heterocycles. The van der Waals surface area contributed by atoms with Gasteiger partial charge in [-0.15, -0.1) is 0 Å². The summed E-state index contributed by atoms with van der Waals surface area (Å²) in [4.78, 5) is 35.2. The van der Waals surface area contributed by atoms with E-state index < -0.39 is 17.9 Å². The summed E-state index contributed by atoms with van der Waals surface area (Å²) in [6.45, 7) is 3.64. The van der Waals surface area contributed by atoms with Crippen molar-refractivity contribution in [3.8, 4) is 0 Å². The second-order valence-corrected chi connectivity index (χ2v) is 5.49. The minimum atomic E-state index is -1.06. The molecule has 0 aliphatic rings. The van der Waals surface area contributed by atoms with Gasteiger partial charge in [0.2, 0.25) is 5.91 Å². The Morgan fingerprint density at radius 1 is 1.30 bits per heavy atom. The van der Waals surface area contributed by atoms with Gasteiger partial charge in [-0.25, -0.2) is 9.89 Å². The summed E-state index contributed by atoms with van der Waals surface area (Å²) in [6, 6.07) is 5.90. The van der Waals surface area contributed by atoms with Gasteiger partial charge in [-0.05, 0) is 12.0 Å². The van der Waals surface area contributed by atoms with Crippen LogP contribution in [0, 0.1) is 5.92 Å². The highest BCUT2D eigenvalue weighted by Gasteiger charge is 2.25. The zero-order valence-corrected chi connectivity index (χ0v) is 13.0. The molecule has 7 heteroatoms. The zero-order valence-electron chi connectivity index (χ0n) is 13.0. The van der Waals surface area contributed by atoms with E-state index in [1.165, 1.54) is 0 Å². The molecule has 7 nitrogen and oxygen atoms in total. The summed E-state index contributed by atoms with van der Waals surface area (Å²) in [7, 11) is 0. The third-order valence-corrected chi connectivity index (χ3v) is 3.90. The Morgan fingerprint density at radius 3 is 2.57 bits per heavy atom. The van der Waals surface area contributed by atoms with Crippen LogP contribution in [-0.2, 0) is 16.0 Å². The lowest BCUT2D eigenvalue weighted by molar-refractivity contribution is -0.143. The number of amides is 1. The number of aromatic amines is 1. The average Bonchev–Trinajstić information content (AvgIpc) is 2.54. The fourth-order valence-corrected chi connectivity index (χ4v) is 2.37. The highest BCUT2D eigenvalue weighted by atomic mass is 16.4. The first-order valence-corrected chi connectivity index (χ1v) is 7.42. The van der Waals surface area contributed by atoms with Gasteiger partial charge in [-0.2, -0.15) is 5.10 Å². The van der Waals surface area contributed by atoms with Gasteiger partial charge in [0, 0.05) is 5.39 Å². The van der Waals surface area contributed by atoms with Crippen molar-refractivity contribution in [2.24, 2.45) is 5.92 Å². The first-order chi connectivity index (χ1) is 10.9. The Morgan fingerprint density at radius 2 is 1.96 bits per heavy atom. The van der Waals surface area contributed by atoms with E-state index in [1.54, 1.807) is 31.2 Å². The van der Waals surface area contributed by atoms with Crippen LogP contribution in [0.1, 0.15) is 26.0 Å². The maximum atomic E-state index is 12.2. The molecule has 1 unspecified atom stereocenters. The van der Waals surface area contributed by atoms with Crippen LogP contribution in [0.3, 0.4) is 0 Å². The van der Waals surface area contributed by atoms with Crippen molar-refractivity contribution in [2.45, 2.75) is 32.7 Å². The highest BCUT2D eigenvalue weighted by Crippen LogP contribution is 2.13. The van der Waals surface area contributed by atoms with Crippen LogP contribution in [0.2, 0.25) is 0 Å². The summed E-state index contributed by atoms with van der Waals surface area (Å²) < 4.78 is 0. The van der Waals surface area contributed by atoms with Gasteiger partial charge in [0.15, 0.2) is 0 Å². The molecule has 0 spiro atoms. The number of aromatic nitrogens is 2. The Kier molecular flexibility index (Phi) is 5.10. The van der Waals surface area contributed by atoms with Gasteiger partial charge in [0.05, 0.1) is 17.5 Å². The van der Waals surface area contributed by atoms with Crippen LogP contribution < -0.4 is 10.9 Å². The van der Waals surface area contributed by atoms with E-state index in [0.717, 1.165) is 0 Å². The number of H-pyrrole nitrogens is 1. The van der Waals surface area contributed by atoms with Crippen molar-refractivity contribution in [2.75, 3.05) is 0 Å². The standard InChI is InChI=1S/C16H19N3O4/c1-3-9(2)14(16(22)23)17-13(20)8-12-10-6-4-5-7-11(10)15(21)19-18-12/h4-7,9,14H,3,8H2,1-2H3,(H,17,20)(H,19,21)(H,22,23)/t9?,14-/m1/s1. The molecule has 0 bridgehead atoms. The summed E-state index contributed by atoms with van der Waals surface area (Å²) >= 11 is 0. The number of carbonyl (C=O) groups excluding carboxylic acids is 1. The molecule has 2 atom stereocenters. The third-order valence-electron chi connectivity index (χ3n) is 3.90. The van der Waals surface area contributed by atoms with E-state index >= 15 is 0 Å². The number of nitrogens with one attached hydrogen (secondary N) is 2. The van der Waals surface area contributed by atoms with Crippen LogP contribution in [0.15, 0.2) is 29.1 Å². The van der Waals surface area contributed by atoms with Gasteiger partial charge in [-0.1, -0.05) is 38.5 Å². The predicted molar refractivity (Wildman–Crippen MR) is 85.1 cm³/mol. The fraction of sp³-hybridized carbons (Fsp3) is 0.375. The fourth-order valence-electron chi connectivity index (χ4n) is 2.37. The van der Waals surface area contributed by atoms with Crippen LogP contribution in [0.5, 0.6) is 0 Å².